The largest absolute Gasteiger partial charge is 0.436 e. The minimum atomic E-state index is -0.212. The maximum absolute atomic E-state index is 13.9. The predicted molar refractivity (Wildman–Crippen MR) is 152 cm³/mol. The van der Waals surface area contributed by atoms with Gasteiger partial charge in [0.15, 0.2) is 5.75 Å². The third-order valence-electron chi connectivity index (χ3n) is 6.76. The van der Waals surface area contributed by atoms with E-state index >= 15 is 0 Å². The van der Waals surface area contributed by atoms with Crippen LogP contribution in [0, 0.1) is 6.92 Å². The van der Waals surface area contributed by atoms with E-state index in [1.807, 2.05) is 104 Å². The highest BCUT2D eigenvalue weighted by Gasteiger charge is 2.27. The molecule has 2 heterocycles. The molecule has 1 aromatic heterocycles. The van der Waals surface area contributed by atoms with Crippen LogP contribution in [0.25, 0.3) is 11.1 Å². The molecule has 6 rings (SSSR count). The smallest absolute Gasteiger partial charge is 0.258 e. The average molecular weight is 512 g/mol. The highest BCUT2D eigenvalue weighted by Crippen LogP contribution is 2.38. The second-order valence-electron chi connectivity index (χ2n) is 9.32. The number of nitrogens with zero attached hydrogens (tertiary/aromatic N) is 2. The van der Waals surface area contributed by atoms with E-state index in [0.29, 0.717) is 40.7 Å². The Morgan fingerprint density at radius 3 is 2.44 bits per heavy atom. The van der Waals surface area contributed by atoms with Crippen LogP contribution >= 0.6 is 0 Å². The van der Waals surface area contributed by atoms with Crippen molar-refractivity contribution in [3.8, 4) is 22.8 Å². The van der Waals surface area contributed by atoms with Crippen LogP contribution in [0.4, 0.5) is 11.4 Å². The van der Waals surface area contributed by atoms with Gasteiger partial charge in [0.2, 0.25) is 5.88 Å². The van der Waals surface area contributed by atoms with Gasteiger partial charge in [0.1, 0.15) is 0 Å². The Kier molecular flexibility index (Phi) is 6.35. The number of fused-ring (bicyclic) bond motifs is 2. The summed E-state index contributed by atoms with van der Waals surface area (Å²) in [5.41, 5.74) is 5.81. The summed E-state index contributed by atoms with van der Waals surface area (Å²) >= 11 is 0. The van der Waals surface area contributed by atoms with Crippen molar-refractivity contribution in [1.82, 2.24) is 4.98 Å². The monoisotopic (exact) mass is 511 g/mol. The molecule has 0 unspecified atom stereocenters. The van der Waals surface area contributed by atoms with E-state index in [-0.39, 0.29) is 11.8 Å². The molecule has 1 aliphatic heterocycles. The second kappa shape index (κ2) is 10.3. The molecule has 0 radical (unpaired) electrons. The van der Waals surface area contributed by atoms with Gasteiger partial charge in [-0.05, 0) is 66.1 Å². The van der Waals surface area contributed by atoms with Crippen molar-refractivity contribution in [2.45, 2.75) is 13.5 Å². The highest BCUT2D eigenvalue weighted by molar-refractivity contribution is 6.10. The number of ether oxygens (including phenoxy) is 1. The van der Waals surface area contributed by atoms with E-state index in [4.69, 9.17) is 4.74 Å². The lowest BCUT2D eigenvalue weighted by Crippen LogP contribution is -2.30. The SMILES string of the molecule is Cc1cc(NC(=O)c2ccccc2-c2ccccc2)ccc1C(=O)N1Cc2cccnc2Oc2ccccc21. The lowest BCUT2D eigenvalue weighted by atomic mass is 9.99. The Bertz CT molecular complexity index is 1700. The normalized spacial score (nSPS) is 12.0. The van der Waals surface area contributed by atoms with Crippen LogP contribution in [-0.4, -0.2) is 16.8 Å². The first-order valence-electron chi connectivity index (χ1n) is 12.7. The summed E-state index contributed by atoms with van der Waals surface area (Å²) in [5, 5.41) is 3.00. The fourth-order valence-electron chi connectivity index (χ4n) is 4.82. The molecule has 0 fully saturated rings. The van der Waals surface area contributed by atoms with Gasteiger partial charge >= 0.3 is 0 Å². The third kappa shape index (κ3) is 4.76. The van der Waals surface area contributed by atoms with Crippen molar-refractivity contribution < 1.29 is 14.3 Å². The van der Waals surface area contributed by atoms with Crippen LogP contribution in [0.15, 0.2) is 115 Å². The number of carbonyl (C=O) groups excluding carboxylic acids is 2. The lowest BCUT2D eigenvalue weighted by molar-refractivity contribution is 0.0983. The molecule has 6 nitrogen and oxygen atoms in total. The molecule has 5 aromatic rings. The molecule has 6 heteroatoms. The van der Waals surface area contributed by atoms with E-state index < -0.39 is 0 Å². The molecule has 0 saturated carbocycles. The standard InChI is InChI=1S/C33H25N3O3/c1-22-20-25(35-31(37)28-14-6-5-13-27(28)23-10-3-2-4-11-23)17-18-26(22)33(38)36-21-24-12-9-19-34-32(24)39-30-16-8-7-15-29(30)36/h2-20H,21H2,1H3,(H,35,37). The van der Waals surface area contributed by atoms with Crippen LogP contribution in [-0.2, 0) is 6.54 Å². The number of nitrogens with one attached hydrogen (secondary N) is 1. The van der Waals surface area contributed by atoms with Gasteiger partial charge in [0.05, 0.1) is 12.2 Å². The molecule has 1 N–H and O–H groups in total. The van der Waals surface area contributed by atoms with Gasteiger partial charge in [-0.15, -0.1) is 0 Å². The molecule has 0 bridgehead atoms. The van der Waals surface area contributed by atoms with Crippen molar-refractivity contribution in [2.75, 3.05) is 10.2 Å². The van der Waals surface area contributed by atoms with Gasteiger partial charge < -0.3 is 15.0 Å². The van der Waals surface area contributed by atoms with Crippen molar-refractivity contribution in [1.29, 1.82) is 0 Å². The van der Waals surface area contributed by atoms with Gasteiger partial charge in [-0.25, -0.2) is 4.98 Å². The first kappa shape index (κ1) is 24.1. The summed E-state index contributed by atoms with van der Waals surface area (Å²) in [6.07, 6.45) is 1.67. The number of aryl methyl sites for hydroxylation is 1. The fraction of sp³-hybridized carbons (Fsp3) is 0.0606. The second-order valence-corrected chi connectivity index (χ2v) is 9.32. The molecule has 0 saturated heterocycles. The van der Waals surface area contributed by atoms with E-state index in [1.165, 1.54) is 0 Å². The van der Waals surface area contributed by atoms with Crippen LogP contribution in [0.1, 0.15) is 31.8 Å². The quantitative estimate of drug-likeness (QED) is 0.276. The van der Waals surface area contributed by atoms with Crippen LogP contribution in [0.5, 0.6) is 11.6 Å². The molecule has 0 aliphatic carbocycles. The number of rotatable bonds is 4. The van der Waals surface area contributed by atoms with E-state index in [0.717, 1.165) is 22.3 Å². The molecule has 2 amide bonds. The summed E-state index contributed by atoms with van der Waals surface area (Å²) in [7, 11) is 0. The van der Waals surface area contributed by atoms with E-state index in [2.05, 4.69) is 10.3 Å². The highest BCUT2D eigenvalue weighted by atomic mass is 16.5. The van der Waals surface area contributed by atoms with Gasteiger partial charge in [-0.2, -0.15) is 0 Å². The van der Waals surface area contributed by atoms with Gasteiger partial charge in [0.25, 0.3) is 11.8 Å². The summed E-state index contributed by atoms with van der Waals surface area (Å²) in [6.45, 7) is 2.20. The fourth-order valence-corrected chi connectivity index (χ4v) is 4.82. The Morgan fingerprint density at radius 1 is 0.821 bits per heavy atom. The summed E-state index contributed by atoms with van der Waals surface area (Å²) in [4.78, 5) is 33.2. The maximum atomic E-state index is 13.9. The number of anilines is 2. The topological polar surface area (TPSA) is 71.5 Å². The number of hydrogen-bond acceptors (Lipinski definition) is 4. The molecular formula is C33H25N3O3. The van der Waals surface area contributed by atoms with Gasteiger partial charge in [-0.3, -0.25) is 9.59 Å². The van der Waals surface area contributed by atoms with Crippen LogP contribution < -0.4 is 15.0 Å². The summed E-state index contributed by atoms with van der Waals surface area (Å²) in [6, 6.07) is 33.9. The molecule has 0 spiro atoms. The Balaban J connectivity index is 1.28. The Hall–Kier alpha value is -5.23. The number of benzene rings is 4. The first-order chi connectivity index (χ1) is 19.1. The van der Waals surface area contributed by atoms with E-state index in [1.54, 1.807) is 23.2 Å². The summed E-state index contributed by atoms with van der Waals surface area (Å²) in [5.74, 6) is 0.691. The number of carbonyl (C=O) groups is 2. The van der Waals surface area contributed by atoms with Gasteiger partial charge in [-0.1, -0.05) is 66.7 Å². The van der Waals surface area contributed by atoms with Gasteiger partial charge in [0, 0.05) is 28.6 Å². The van der Waals surface area contributed by atoms with Crippen LogP contribution in [0.2, 0.25) is 0 Å². The zero-order valence-electron chi connectivity index (χ0n) is 21.3. The predicted octanol–water partition coefficient (Wildman–Crippen LogP) is 7.26. The molecule has 1 aliphatic rings. The lowest BCUT2D eigenvalue weighted by Gasteiger charge is -2.23. The molecule has 190 valence electrons. The first-order valence-corrected chi connectivity index (χ1v) is 12.7. The van der Waals surface area contributed by atoms with Crippen molar-refractivity contribution in [2.24, 2.45) is 0 Å². The van der Waals surface area contributed by atoms with Crippen LogP contribution in [0.3, 0.4) is 0 Å². The minimum Gasteiger partial charge on any atom is -0.436 e. The van der Waals surface area contributed by atoms with Crippen molar-refractivity contribution in [3.63, 3.8) is 0 Å². The van der Waals surface area contributed by atoms with Crippen molar-refractivity contribution >= 4 is 23.2 Å². The maximum Gasteiger partial charge on any atom is 0.258 e. The summed E-state index contributed by atoms with van der Waals surface area (Å²) < 4.78 is 6.04. The number of para-hydroxylation sites is 2. The number of pyridine rings is 1. The minimum absolute atomic E-state index is 0.160. The molecule has 0 atom stereocenters. The Morgan fingerprint density at radius 2 is 1.59 bits per heavy atom. The molecule has 4 aromatic carbocycles. The Labute approximate surface area is 226 Å². The number of hydrogen-bond donors (Lipinski definition) is 1. The number of amides is 2. The molecular weight excluding hydrogens is 486 g/mol. The molecule has 39 heavy (non-hydrogen) atoms. The zero-order chi connectivity index (χ0) is 26.8. The van der Waals surface area contributed by atoms with E-state index in [9.17, 15) is 9.59 Å². The third-order valence-corrected chi connectivity index (χ3v) is 6.76. The van der Waals surface area contributed by atoms with Crippen molar-refractivity contribution in [3.05, 3.63) is 138 Å². The number of aromatic nitrogens is 1. The zero-order valence-corrected chi connectivity index (χ0v) is 21.3. The average Bonchev–Trinajstić information content (AvgIpc) is 3.14.